The van der Waals surface area contributed by atoms with Crippen molar-refractivity contribution in [3.05, 3.63) is 73.3 Å². The number of hydrogen-bond donors (Lipinski definition) is 0. The first kappa shape index (κ1) is 15.5. The zero-order valence-corrected chi connectivity index (χ0v) is 14.4. The van der Waals surface area contributed by atoms with Gasteiger partial charge in [-0.2, -0.15) is 0 Å². The zero-order chi connectivity index (χ0) is 17.1. The summed E-state index contributed by atoms with van der Waals surface area (Å²) in [5.41, 5.74) is 4.06. The van der Waals surface area contributed by atoms with Crippen LogP contribution in [0.5, 0.6) is 5.75 Å². The monoisotopic (exact) mass is 345 g/mol. The number of pyridine rings is 2. The summed E-state index contributed by atoms with van der Waals surface area (Å²) in [6.07, 6.45) is 7.11. The molecule has 4 aromatic rings. The quantitative estimate of drug-likeness (QED) is 0.525. The van der Waals surface area contributed by atoms with Crippen LogP contribution in [-0.4, -0.2) is 22.1 Å². The number of nitrogens with zero attached hydrogens (tertiary/aromatic N) is 3. The van der Waals surface area contributed by atoms with Gasteiger partial charge in [-0.05, 0) is 18.2 Å². The third kappa shape index (κ3) is 3.14. The van der Waals surface area contributed by atoms with Crippen molar-refractivity contribution in [2.24, 2.45) is 0 Å². The Morgan fingerprint density at radius 1 is 0.840 bits per heavy atom. The van der Waals surface area contributed by atoms with E-state index in [0.717, 1.165) is 38.0 Å². The predicted octanol–water partition coefficient (Wildman–Crippen LogP) is 4.94. The van der Waals surface area contributed by atoms with Crippen molar-refractivity contribution in [2.75, 3.05) is 7.11 Å². The molecular formula is C20H15N3OS. The van der Waals surface area contributed by atoms with Gasteiger partial charge in [-0.3, -0.25) is 9.97 Å². The lowest BCUT2D eigenvalue weighted by Crippen LogP contribution is -1.87. The van der Waals surface area contributed by atoms with Gasteiger partial charge in [0.25, 0.3) is 0 Å². The second-order valence-electron chi connectivity index (χ2n) is 5.41. The van der Waals surface area contributed by atoms with Crippen LogP contribution in [-0.2, 0) is 0 Å². The van der Waals surface area contributed by atoms with Crippen molar-refractivity contribution < 1.29 is 4.74 Å². The largest absolute Gasteiger partial charge is 0.495 e. The average molecular weight is 345 g/mol. The minimum atomic E-state index is 0.729. The Morgan fingerprint density at radius 2 is 1.64 bits per heavy atom. The second-order valence-corrected chi connectivity index (χ2v) is 6.41. The molecule has 0 spiro atoms. The molecule has 5 heteroatoms. The zero-order valence-electron chi connectivity index (χ0n) is 13.6. The van der Waals surface area contributed by atoms with E-state index in [4.69, 9.17) is 9.72 Å². The molecule has 1 aromatic carbocycles. The summed E-state index contributed by atoms with van der Waals surface area (Å²) in [6.45, 7) is 0. The minimum Gasteiger partial charge on any atom is -0.495 e. The number of benzene rings is 1. The van der Waals surface area contributed by atoms with Crippen LogP contribution in [0.4, 0.5) is 0 Å². The SMILES string of the molecule is COc1cncc(-c2sc(-c3ccccc3)nc2-c2ccncc2)c1. The average Bonchev–Trinajstić information content (AvgIpc) is 3.15. The molecule has 0 bridgehead atoms. The van der Waals surface area contributed by atoms with Crippen LogP contribution in [0.2, 0.25) is 0 Å². The molecule has 0 fully saturated rings. The van der Waals surface area contributed by atoms with Gasteiger partial charge >= 0.3 is 0 Å². The molecule has 122 valence electrons. The van der Waals surface area contributed by atoms with Gasteiger partial charge in [-0.1, -0.05) is 30.3 Å². The smallest absolute Gasteiger partial charge is 0.137 e. The van der Waals surface area contributed by atoms with Crippen LogP contribution in [0.25, 0.3) is 32.3 Å². The predicted molar refractivity (Wildman–Crippen MR) is 101 cm³/mol. The molecule has 0 amide bonds. The number of aromatic nitrogens is 3. The Hall–Kier alpha value is -3.05. The number of thiazole rings is 1. The van der Waals surface area contributed by atoms with E-state index in [1.54, 1.807) is 37.0 Å². The highest BCUT2D eigenvalue weighted by Gasteiger charge is 2.16. The normalized spacial score (nSPS) is 10.6. The fourth-order valence-electron chi connectivity index (χ4n) is 2.58. The fraction of sp³-hybridized carbons (Fsp3) is 0.0500. The van der Waals surface area contributed by atoms with Crippen LogP contribution >= 0.6 is 11.3 Å². The Bertz CT molecular complexity index is 984. The van der Waals surface area contributed by atoms with E-state index in [-0.39, 0.29) is 0 Å². The molecule has 0 N–H and O–H groups in total. The first-order valence-corrected chi connectivity index (χ1v) is 8.63. The Kier molecular flexibility index (Phi) is 4.23. The van der Waals surface area contributed by atoms with Gasteiger partial charge in [0.15, 0.2) is 0 Å². The molecule has 0 aliphatic carbocycles. The molecular weight excluding hydrogens is 330 g/mol. The van der Waals surface area contributed by atoms with Crippen molar-refractivity contribution >= 4 is 11.3 Å². The van der Waals surface area contributed by atoms with E-state index in [0.29, 0.717) is 0 Å². The number of rotatable bonds is 4. The second kappa shape index (κ2) is 6.83. The molecule has 3 heterocycles. The molecule has 0 aliphatic heterocycles. The van der Waals surface area contributed by atoms with E-state index in [2.05, 4.69) is 22.1 Å². The van der Waals surface area contributed by atoms with Crippen molar-refractivity contribution in [2.45, 2.75) is 0 Å². The summed E-state index contributed by atoms with van der Waals surface area (Å²) in [5, 5.41) is 0.977. The topological polar surface area (TPSA) is 47.9 Å². The molecule has 4 rings (SSSR count). The molecule has 0 aliphatic rings. The van der Waals surface area contributed by atoms with E-state index in [9.17, 15) is 0 Å². The van der Waals surface area contributed by atoms with Crippen LogP contribution in [0.3, 0.4) is 0 Å². The lowest BCUT2D eigenvalue weighted by Gasteiger charge is -2.04. The molecule has 25 heavy (non-hydrogen) atoms. The Labute approximate surface area is 149 Å². The highest BCUT2D eigenvalue weighted by molar-refractivity contribution is 7.19. The van der Waals surface area contributed by atoms with Gasteiger partial charge in [0.2, 0.25) is 0 Å². The summed E-state index contributed by atoms with van der Waals surface area (Å²) in [7, 11) is 1.65. The standard InChI is InChI=1S/C20H15N3OS/c1-24-17-11-16(12-22-13-17)19-18(14-7-9-21-10-8-14)23-20(25-19)15-5-3-2-4-6-15/h2-13H,1H3. The van der Waals surface area contributed by atoms with Crippen molar-refractivity contribution in [3.63, 3.8) is 0 Å². The van der Waals surface area contributed by atoms with E-state index >= 15 is 0 Å². The first-order chi connectivity index (χ1) is 12.3. The van der Waals surface area contributed by atoms with Gasteiger partial charge < -0.3 is 4.74 Å². The number of methoxy groups -OCH3 is 1. The molecule has 4 nitrogen and oxygen atoms in total. The first-order valence-electron chi connectivity index (χ1n) is 7.81. The summed E-state index contributed by atoms with van der Waals surface area (Å²) in [5.74, 6) is 0.729. The summed E-state index contributed by atoms with van der Waals surface area (Å²) < 4.78 is 5.33. The maximum Gasteiger partial charge on any atom is 0.137 e. The van der Waals surface area contributed by atoms with Gasteiger partial charge in [-0.25, -0.2) is 4.98 Å². The van der Waals surface area contributed by atoms with Crippen LogP contribution in [0, 0.1) is 0 Å². The molecule has 0 atom stereocenters. The molecule has 0 saturated heterocycles. The minimum absolute atomic E-state index is 0.729. The molecule has 0 radical (unpaired) electrons. The molecule has 0 saturated carbocycles. The van der Waals surface area contributed by atoms with E-state index < -0.39 is 0 Å². The fourth-order valence-corrected chi connectivity index (χ4v) is 3.65. The molecule has 3 aromatic heterocycles. The van der Waals surface area contributed by atoms with Gasteiger partial charge in [0.05, 0.1) is 23.9 Å². The van der Waals surface area contributed by atoms with Crippen LogP contribution < -0.4 is 4.74 Å². The Balaban J connectivity index is 1.91. The van der Waals surface area contributed by atoms with E-state index in [1.807, 2.05) is 42.6 Å². The van der Waals surface area contributed by atoms with Crippen LogP contribution in [0.15, 0.2) is 73.3 Å². The van der Waals surface area contributed by atoms with Gasteiger partial charge in [-0.15, -0.1) is 11.3 Å². The lowest BCUT2D eigenvalue weighted by atomic mass is 10.1. The van der Waals surface area contributed by atoms with Crippen molar-refractivity contribution in [1.82, 2.24) is 15.0 Å². The van der Waals surface area contributed by atoms with Crippen molar-refractivity contribution in [3.8, 4) is 38.0 Å². The number of ether oxygens (including phenoxy) is 1. The Morgan fingerprint density at radius 3 is 2.40 bits per heavy atom. The molecule has 0 unspecified atom stereocenters. The van der Waals surface area contributed by atoms with Gasteiger partial charge in [0.1, 0.15) is 10.8 Å². The summed E-state index contributed by atoms with van der Waals surface area (Å²) in [4.78, 5) is 14.4. The highest BCUT2D eigenvalue weighted by Crippen LogP contribution is 2.40. The third-order valence-corrected chi connectivity index (χ3v) is 4.97. The lowest BCUT2D eigenvalue weighted by molar-refractivity contribution is 0.413. The van der Waals surface area contributed by atoms with Gasteiger partial charge in [0, 0.05) is 35.3 Å². The maximum atomic E-state index is 5.33. The van der Waals surface area contributed by atoms with Crippen LogP contribution in [0.1, 0.15) is 0 Å². The highest BCUT2D eigenvalue weighted by atomic mass is 32.1. The summed E-state index contributed by atoms with van der Waals surface area (Å²) >= 11 is 1.65. The summed E-state index contributed by atoms with van der Waals surface area (Å²) in [6, 6.07) is 16.1. The third-order valence-electron chi connectivity index (χ3n) is 3.81. The number of hydrogen-bond acceptors (Lipinski definition) is 5. The van der Waals surface area contributed by atoms with E-state index in [1.165, 1.54) is 0 Å². The maximum absolute atomic E-state index is 5.33. The van der Waals surface area contributed by atoms with Crippen molar-refractivity contribution in [1.29, 1.82) is 0 Å².